The van der Waals surface area contributed by atoms with E-state index in [1.54, 1.807) is 43.3 Å². The number of likely N-dealkylation sites (tertiary alicyclic amines) is 1. The number of halogens is 3. The lowest BCUT2D eigenvalue weighted by Gasteiger charge is -2.43. The SMILES string of the molecule is CCOC(=O)[C@@H]1[C@@H](Cc2ccnc(N)c2)C(=O)N1C(=O)Nc1ccccc1.O=C(O)C(F)(F)F. The summed E-state index contributed by atoms with van der Waals surface area (Å²) in [5.74, 6) is -4.16. The van der Waals surface area contributed by atoms with Gasteiger partial charge in [0.25, 0.3) is 0 Å². The predicted octanol–water partition coefficient (Wildman–Crippen LogP) is 2.46. The molecule has 0 radical (unpaired) electrons. The minimum absolute atomic E-state index is 0.159. The fourth-order valence-electron chi connectivity index (χ4n) is 3.05. The Labute approximate surface area is 191 Å². The number of para-hydroxylation sites is 1. The molecule has 1 aromatic carbocycles. The average Bonchev–Trinajstić information content (AvgIpc) is 2.76. The van der Waals surface area contributed by atoms with Crippen LogP contribution in [0.3, 0.4) is 0 Å². The van der Waals surface area contributed by atoms with Crippen molar-refractivity contribution in [1.82, 2.24) is 9.88 Å². The Kier molecular flexibility index (Phi) is 8.53. The van der Waals surface area contributed by atoms with Gasteiger partial charge in [-0.25, -0.2) is 24.3 Å². The number of carboxylic acid groups (broad SMARTS) is 1. The molecule has 2 atom stereocenters. The van der Waals surface area contributed by atoms with Gasteiger partial charge in [-0.05, 0) is 43.2 Å². The predicted molar refractivity (Wildman–Crippen MR) is 112 cm³/mol. The first-order chi connectivity index (χ1) is 16.0. The number of nitrogens with zero attached hydrogens (tertiary/aromatic N) is 2. The number of carbonyl (C=O) groups is 4. The molecule has 0 saturated carbocycles. The van der Waals surface area contributed by atoms with Crippen LogP contribution in [0.5, 0.6) is 0 Å². The number of imide groups is 1. The van der Waals surface area contributed by atoms with Crippen LogP contribution in [0.4, 0.5) is 29.5 Å². The monoisotopic (exact) mass is 482 g/mol. The summed E-state index contributed by atoms with van der Waals surface area (Å²) >= 11 is 0. The van der Waals surface area contributed by atoms with Crippen molar-refractivity contribution in [1.29, 1.82) is 0 Å². The number of β-lactam (4-membered cyclic amide) rings is 1. The number of pyridine rings is 1. The lowest BCUT2D eigenvalue weighted by atomic mass is 9.82. The minimum Gasteiger partial charge on any atom is -0.475 e. The third-order valence-corrected chi connectivity index (χ3v) is 4.53. The van der Waals surface area contributed by atoms with E-state index in [2.05, 4.69) is 10.3 Å². The lowest BCUT2D eigenvalue weighted by Crippen LogP contribution is -2.68. The summed E-state index contributed by atoms with van der Waals surface area (Å²) < 4.78 is 36.8. The number of urea groups is 1. The first-order valence-corrected chi connectivity index (χ1v) is 9.82. The number of aromatic nitrogens is 1. The highest BCUT2D eigenvalue weighted by molar-refractivity contribution is 6.11. The lowest BCUT2D eigenvalue weighted by molar-refractivity contribution is -0.192. The number of aliphatic carboxylic acids is 1. The largest absolute Gasteiger partial charge is 0.490 e. The Morgan fingerprint density at radius 3 is 2.35 bits per heavy atom. The average molecular weight is 482 g/mol. The summed E-state index contributed by atoms with van der Waals surface area (Å²) in [6, 6.07) is 10.4. The van der Waals surface area contributed by atoms with Crippen LogP contribution in [0.1, 0.15) is 12.5 Å². The number of benzene rings is 1. The number of carboxylic acids is 1. The topological polar surface area (TPSA) is 152 Å². The van der Waals surface area contributed by atoms with Gasteiger partial charge in [-0.1, -0.05) is 18.2 Å². The first-order valence-electron chi connectivity index (χ1n) is 9.82. The number of anilines is 2. The van der Waals surface area contributed by atoms with Crippen molar-refractivity contribution < 1.29 is 42.2 Å². The number of rotatable bonds is 5. The maximum absolute atomic E-state index is 12.6. The van der Waals surface area contributed by atoms with Gasteiger partial charge in [0.15, 0.2) is 6.04 Å². The van der Waals surface area contributed by atoms with E-state index in [0.717, 1.165) is 10.5 Å². The summed E-state index contributed by atoms with van der Waals surface area (Å²) in [7, 11) is 0. The molecule has 3 amide bonds. The Morgan fingerprint density at radius 1 is 1.21 bits per heavy atom. The molecule has 2 heterocycles. The highest BCUT2D eigenvalue weighted by Crippen LogP contribution is 2.32. The second-order valence-corrected chi connectivity index (χ2v) is 6.90. The molecule has 34 heavy (non-hydrogen) atoms. The molecule has 182 valence electrons. The first kappa shape index (κ1) is 26.1. The molecule has 1 aliphatic rings. The van der Waals surface area contributed by atoms with E-state index in [0.29, 0.717) is 11.5 Å². The van der Waals surface area contributed by atoms with Gasteiger partial charge in [-0.15, -0.1) is 0 Å². The second kappa shape index (κ2) is 11.1. The molecule has 0 bridgehead atoms. The molecule has 13 heteroatoms. The fraction of sp³-hybridized carbons (Fsp3) is 0.286. The van der Waals surface area contributed by atoms with Crippen molar-refractivity contribution >= 4 is 35.4 Å². The third kappa shape index (κ3) is 6.67. The molecule has 1 saturated heterocycles. The number of hydrogen-bond donors (Lipinski definition) is 3. The zero-order valence-electron chi connectivity index (χ0n) is 17.8. The summed E-state index contributed by atoms with van der Waals surface area (Å²) in [6.45, 7) is 1.83. The van der Waals surface area contributed by atoms with E-state index in [1.165, 1.54) is 6.20 Å². The normalized spacial score (nSPS) is 17.1. The van der Waals surface area contributed by atoms with Crippen molar-refractivity contribution in [2.75, 3.05) is 17.7 Å². The van der Waals surface area contributed by atoms with E-state index >= 15 is 0 Å². The minimum atomic E-state index is -5.08. The number of amides is 3. The molecule has 1 aromatic heterocycles. The van der Waals surface area contributed by atoms with Gasteiger partial charge in [-0.3, -0.25) is 4.79 Å². The highest BCUT2D eigenvalue weighted by atomic mass is 19.4. The number of alkyl halides is 3. The summed E-state index contributed by atoms with van der Waals surface area (Å²) in [4.78, 5) is 51.2. The van der Waals surface area contributed by atoms with Crippen LogP contribution in [0.2, 0.25) is 0 Å². The van der Waals surface area contributed by atoms with Crippen molar-refractivity contribution in [3.8, 4) is 0 Å². The van der Waals surface area contributed by atoms with Gasteiger partial charge >= 0.3 is 24.1 Å². The third-order valence-electron chi connectivity index (χ3n) is 4.53. The van der Waals surface area contributed by atoms with Crippen molar-refractivity contribution in [3.05, 3.63) is 54.2 Å². The molecule has 0 unspecified atom stereocenters. The van der Waals surface area contributed by atoms with Crippen LogP contribution >= 0.6 is 0 Å². The van der Waals surface area contributed by atoms with E-state index in [4.69, 9.17) is 20.4 Å². The number of ether oxygens (including phenoxy) is 1. The zero-order chi connectivity index (χ0) is 25.5. The van der Waals surface area contributed by atoms with Crippen molar-refractivity contribution in [2.24, 2.45) is 5.92 Å². The van der Waals surface area contributed by atoms with Gasteiger partial charge < -0.3 is 20.9 Å². The van der Waals surface area contributed by atoms with E-state index in [9.17, 15) is 27.6 Å². The molecule has 1 fully saturated rings. The molecular weight excluding hydrogens is 461 g/mol. The number of hydrogen-bond acceptors (Lipinski definition) is 7. The molecule has 4 N–H and O–H groups in total. The number of carbonyl (C=O) groups excluding carboxylic acids is 3. The molecule has 10 nitrogen and oxygen atoms in total. The van der Waals surface area contributed by atoms with Gasteiger partial charge in [0.05, 0.1) is 12.5 Å². The van der Waals surface area contributed by atoms with E-state index in [1.807, 2.05) is 6.07 Å². The summed E-state index contributed by atoms with van der Waals surface area (Å²) in [6.07, 6.45) is -3.28. The Bertz CT molecular complexity index is 1050. The smallest absolute Gasteiger partial charge is 0.475 e. The number of nitrogens with one attached hydrogen (secondary N) is 1. The van der Waals surface area contributed by atoms with Crippen LogP contribution in [0, 0.1) is 5.92 Å². The van der Waals surface area contributed by atoms with Gasteiger partial charge in [0, 0.05) is 11.9 Å². The van der Waals surface area contributed by atoms with Crippen LogP contribution in [0.25, 0.3) is 0 Å². The number of esters is 1. The quantitative estimate of drug-likeness (QED) is 0.434. The van der Waals surface area contributed by atoms with Crippen LogP contribution in [-0.4, -0.2) is 57.7 Å². The molecule has 0 aliphatic carbocycles. The number of nitrogen functional groups attached to an aromatic ring is 1. The number of nitrogens with two attached hydrogens (primary N) is 1. The van der Waals surface area contributed by atoms with Crippen molar-refractivity contribution in [2.45, 2.75) is 25.6 Å². The Hall–Kier alpha value is -4.16. The van der Waals surface area contributed by atoms with Gasteiger partial charge in [0.1, 0.15) is 5.82 Å². The standard InChI is InChI=1S/C19H20N4O4.C2HF3O2/c1-2-27-18(25)16-14(10-12-8-9-21-15(20)11-12)17(24)23(16)19(26)22-13-6-4-3-5-7-13;3-2(4,5)1(6)7/h3-9,11,14,16H,2,10H2,1H3,(H2,20,21)(H,22,26);(H,6,7)/t14-,16+;/m1./s1. The van der Waals surface area contributed by atoms with Crippen LogP contribution < -0.4 is 11.1 Å². The molecular formula is C21H21F3N4O6. The zero-order valence-corrected chi connectivity index (χ0v) is 17.8. The second-order valence-electron chi connectivity index (χ2n) is 6.90. The molecule has 1 aliphatic heterocycles. The van der Waals surface area contributed by atoms with Gasteiger partial charge in [-0.2, -0.15) is 13.2 Å². The Morgan fingerprint density at radius 2 is 1.82 bits per heavy atom. The highest BCUT2D eigenvalue weighted by Gasteiger charge is 2.55. The van der Waals surface area contributed by atoms with E-state index < -0.39 is 42.0 Å². The van der Waals surface area contributed by atoms with Crippen molar-refractivity contribution in [3.63, 3.8) is 0 Å². The maximum atomic E-state index is 12.6. The maximum Gasteiger partial charge on any atom is 0.490 e. The summed E-state index contributed by atoms with van der Waals surface area (Å²) in [5.41, 5.74) is 6.96. The molecule has 2 aromatic rings. The van der Waals surface area contributed by atoms with Crippen LogP contribution in [-0.2, 0) is 25.5 Å². The van der Waals surface area contributed by atoms with Gasteiger partial charge in [0.2, 0.25) is 5.91 Å². The molecule has 3 rings (SSSR count). The van der Waals surface area contributed by atoms with Crippen LogP contribution in [0.15, 0.2) is 48.7 Å². The summed E-state index contributed by atoms with van der Waals surface area (Å²) in [5, 5.41) is 9.75. The molecule has 0 spiro atoms. The Balaban J connectivity index is 0.000000509. The van der Waals surface area contributed by atoms with E-state index in [-0.39, 0.29) is 13.0 Å². The fourth-order valence-corrected chi connectivity index (χ4v) is 3.05.